The van der Waals surface area contributed by atoms with E-state index in [0.717, 1.165) is 36.0 Å². The van der Waals surface area contributed by atoms with Crippen LogP contribution in [0.5, 0.6) is 0 Å². The molecule has 0 radical (unpaired) electrons. The molecule has 0 saturated carbocycles. The SMILES string of the molecule is Cc1cc(COCC[C@@H](Cn2c(C)ccc2C)OCc2cc(C)cc(-n3c(C)ccc3C)n2)nc(-n2c(C)ccc2C)c1. The van der Waals surface area contributed by atoms with E-state index in [-0.39, 0.29) is 6.10 Å². The van der Waals surface area contributed by atoms with Crippen molar-refractivity contribution in [2.24, 2.45) is 0 Å². The number of ether oxygens (including phenoxy) is 2. The van der Waals surface area contributed by atoms with Gasteiger partial charge < -0.3 is 23.2 Å². The summed E-state index contributed by atoms with van der Waals surface area (Å²) in [5.41, 5.74) is 11.4. The van der Waals surface area contributed by atoms with Gasteiger partial charge in [-0.3, -0.25) is 0 Å². The highest BCUT2D eigenvalue weighted by molar-refractivity contribution is 5.36. The number of hydrogen-bond donors (Lipinski definition) is 0. The molecule has 43 heavy (non-hydrogen) atoms. The standard InChI is InChI=1S/C36H45N5O2/c1-24-17-32(37-35(19-24)40-28(5)11-12-29(40)6)22-42-16-15-34(21-39-26(3)9-10-27(39)4)43-23-33-18-25(2)20-36(38-33)41-30(7)13-14-31(41)8/h9-14,17-20,34H,15-16,21-23H2,1-8H3/t34-/m0/s1. The van der Waals surface area contributed by atoms with Gasteiger partial charge in [0.25, 0.3) is 0 Å². The third kappa shape index (κ3) is 7.17. The highest BCUT2D eigenvalue weighted by atomic mass is 16.5. The number of aryl methyl sites for hydroxylation is 8. The van der Waals surface area contributed by atoms with Gasteiger partial charge in [-0.25, -0.2) is 9.97 Å². The minimum absolute atomic E-state index is 0.0307. The summed E-state index contributed by atoms with van der Waals surface area (Å²) in [7, 11) is 0. The molecule has 0 N–H and O–H groups in total. The largest absolute Gasteiger partial charge is 0.375 e. The number of pyridine rings is 2. The van der Waals surface area contributed by atoms with E-state index < -0.39 is 0 Å². The fourth-order valence-corrected chi connectivity index (χ4v) is 5.89. The van der Waals surface area contributed by atoms with Crippen LogP contribution in [0.4, 0.5) is 0 Å². The number of aromatic nitrogens is 5. The Morgan fingerprint density at radius 2 is 1.02 bits per heavy atom. The van der Waals surface area contributed by atoms with Crippen LogP contribution in [-0.2, 0) is 29.2 Å². The summed E-state index contributed by atoms with van der Waals surface area (Å²) in [5, 5.41) is 0. The van der Waals surface area contributed by atoms with E-state index in [1.165, 1.54) is 45.3 Å². The van der Waals surface area contributed by atoms with E-state index in [1.54, 1.807) is 0 Å². The maximum atomic E-state index is 6.57. The maximum Gasteiger partial charge on any atom is 0.137 e. The predicted molar refractivity (Wildman–Crippen MR) is 172 cm³/mol. The van der Waals surface area contributed by atoms with Gasteiger partial charge in [0.2, 0.25) is 0 Å². The Hall–Kier alpha value is -3.94. The first-order valence-electron chi connectivity index (χ1n) is 15.2. The fraction of sp³-hybridized carbons (Fsp3) is 0.389. The van der Waals surface area contributed by atoms with Crippen LogP contribution in [0.3, 0.4) is 0 Å². The third-order valence-corrected chi connectivity index (χ3v) is 8.12. The van der Waals surface area contributed by atoms with Crippen molar-refractivity contribution in [3.05, 3.63) is 117 Å². The summed E-state index contributed by atoms with van der Waals surface area (Å²) in [6.07, 6.45) is 0.733. The molecule has 0 aromatic carbocycles. The van der Waals surface area contributed by atoms with E-state index in [2.05, 4.69) is 130 Å². The Kier molecular flexibility index (Phi) is 9.33. The van der Waals surface area contributed by atoms with Crippen LogP contribution in [0.1, 0.15) is 63.1 Å². The zero-order valence-corrected chi connectivity index (χ0v) is 26.9. The molecule has 5 rings (SSSR count). The van der Waals surface area contributed by atoms with Gasteiger partial charge in [-0.15, -0.1) is 0 Å². The Morgan fingerprint density at radius 3 is 1.51 bits per heavy atom. The van der Waals surface area contributed by atoms with Gasteiger partial charge in [0, 0.05) is 47.3 Å². The predicted octanol–water partition coefficient (Wildman–Crippen LogP) is 7.52. The van der Waals surface area contributed by atoms with Crippen molar-refractivity contribution >= 4 is 0 Å². The van der Waals surface area contributed by atoms with Crippen LogP contribution >= 0.6 is 0 Å². The number of hydrogen-bond acceptors (Lipinski definition) is 4. The zero-order valence-electron chi connectivity index (χ0n) is 26.9. The van der Waals surface area contributed by atoms with Crippen molar-refractivity contribution in [3.63, 3.8) is 0 Å². The monoisotopic (exact) mass is 579 g/mol. The van der Waals surface area contributed by atoms with E-state index in [0.29, 0.717) is 19.8 Å². The minimum Gasteiger partial charge on any atom is -0.375 e. The lowest BCUT2D eigenvalue weighted by Crippen LogP contribution is -2.23. The summed E-state index contributed by atoms with van der Waals surface area (Å²) in [4.78, 5) is 9.89. The Morgan fingerprint density at radius 1 is 0.581 bits per heavy atom. The molecule has 7 nitrogen and oxygen atoms in total. The van der Waals surface area contributed by atoms with Gasteiger partial charge in [-0.05, 0) is 134 Å². The average Bonchev–Trinajstić information content (AvgIpc) is 3.59. The molecule has 5 aromatic rings. The molecular weight excluding hydrogens is 534 g/mol. The Balaban J connectivity index is 1.27. The van der Waals surface area contributed by atoms with Gasteiger partial charge in [-0.2, -0.15) is 0 Å². The summed E-state index contributed by atoms with van der Waals surface area (Å²) in [6, 6.07) is 21.3. The van der Waals surface area contributed by atoms with Crippen molar-refractivity contribution in [2.45, 2.75) is 87.7 Å². The molecule has 5 aromatic heterocycles. The lowest BCUT2D eigenvalue weighted by atomic mass is 10.2. The molecule has 0 fully saturated rings. The molecule has 0 aliphatic carbocycles. The van der Waals surface area contributed by atoms with E-state index >= 15 is 0 Å². The fourth-order valence-electron chi connectivity index (χ4n) is 5.89. The highest BCUT2D eigenvalue weighted by Crippen LogP contribution is 2.20. The first-order chi connectivity index (χ1) is 20.6. The average molecular weight is 580 g/mol. The van der Waals surface area contributed by atoms with E-state index in [4.69, 9.17) is 19.4 Å². The first kappa shape index (κ1) is 30.5. The van der Waals surface area contributed by atoms with Gasteiger partial charge in [0.15, 0.2) is 0 Å². The second-order valence-corrected chi connectivity index (χ2v) is 11.9. The molecule has 0 aliphatic heterocycles. The topological polar surface area (TPSA) is 59.0 Å². The van der Waals surface area contributed by atoms with Crippen LogP contribution < -0.4 is 0 Å². The van der Waals surface area contributed by atoms with Gasteiger partial charge >= 0.3 is 0 Å². The van der Waals surface area contributed by atoms with Crippen molar-refractivity contribution in [2.75, 3.05) is 6.61 Å². The molecule has 1 atom stereocenters. The zero-order chi connectivity index (χ0) is 30.7. The molecule has 0 unspecified atom stereocenters. The number of rotatable bonds is 12. The van der Waals surface area contributed by atoms with Crippen LogP contribution in [0, 0.1) is 55.4 Å². The van der Waals surface area contributed by atoms with Crippen LogP contribution in [0.2, 0.25) is 0 Å². The van der Waals surface area contributed by atoms with Crippen molar-refractivity contribution in [3.8, 4) is 11.6 Å². The first-order valence-corrected chi connectivity index (χ1v) is 15.2. The van der Waals surface area contributed by atoms with Gasteiger partial charge in [-0.1, -0.05) is 0 Å². The second-order valence-electron chi connectivity index (χ2n) is 11.9. The molecule has 0 saturated heterocycles. The van der Waals surface area contributed by atoms with Crippen LogP contribution in [-0.4, -0.2) is 36.4 Å². The quantitative estimate of drug-likeness (QED) is 0.144. The molecule has 7 heteroatoms. The molecular formula is C36H45N5O2. The molecule has 0 amide bonds. The van der Waals surface area contributed by atoms with Crippen LogP contribution in [0.25, 0.3) is 11.6 Å². The summed E-state index contributed by atoms with van der Waals surface area (Å²) >= 11 is 0. The molecule has 0 bridgehead atoms. The third-order valence-electron chi connectivity index (χ3n) is 8.12. The van der Waals surface area contributed by atoms with E-state index in [9.17, 15) is 0 Å². The molecule has 0 aliphatic rings. The molecule has 5 heterocycles. The summed E-state index contributed by atoms with van der Waals surface area (Å²) in [6.45, 7) is 19.2. The lowest BCUT2D eigenvalue weighted by molar-refractivity contribution is -0.00221. The molecule has 226 valence electrons. The Labute approximate surface area is 256 Å². The second kappa shape index (κ2) is 13.1. The smallest absolute Gasteiger partial charge is 0.137 e. The van der Waals surface area contributed by atoms with Crippen LogP contribution in [0.15, 0.2) is 60.7 Å². The summed E-state index contributed by atoms with van der Waals surface area (Å²) < 4.78 is 19.5. The minimum atomic E-state index is -0.0307. The van der Waals surface area contributed by atoms with Gasteiger partial charge in [0.05, 0.1) is 30.7 Å². The van der Waals surface area contributed by atoms with Crippen molar-refractivity contribution in [1.29, 1.82) is 0 Å². The highest BCUT2D eigenvalue weighted by Gasteiger charge is 2.16. The Bertz CT molecular complexity index is 1650. The van der Waals surface area contributed by atoms with E-state index in [1.807, 2.05) is 0 Å². The lowest BCUT2D eigenvalue weighted by Gasteiger charge is -2.21. The van der Waals surface area contributed by atoms with Crippen molar-refractivity contribution < 1.29 is 9.47 Å². The van der Waals surface area contributed by atoms with Gasteiger partial charge in [0.1, 0.15) is 11.6 Å². The number of nitrogens with zero attached hydrogens (tertiary/aromatic N) is 5. The van der Waals surface area contributed by atoms with Crippen molar-refractivity contribution in [1.82, 2.24) is 23.7 Å². The maximum absolute atomic E-state index is 6.57. The summed E-state index contributed by atoms with van der Waals surface area (Å²) in [5.74, 6) is 1.87. The molecule has 0 spiro atoms. The normalized spacial score (nSPS) is 12.3.